The topological polar surface area (TPSA) is 39.2 Å². The second-order valence-corrected chi connectivity index (χ2v) is 5.92. The third kappa shape index (κ3) is 1.80. The second-order valence-electron chi connectivity index (χ2n) is 3.46. The van der Waals surface area contributed by atoms with Crippen LogP contribution in [-0.4, -0.2) is 10.4 Å². The smallest absolute Gasteiger partial charge is 0.409 e. The van der Waals surface area contributed by atoms with Gasteiger partial charge in [-0.3, -0.25) is 0 Å². The van der Waals surface area contributed by atoms with E-state index in [1.807, 2.05) is 24.4 Å². The molecule has 2 heterocycles. The molecule has 0 radical (unpaired) electrons. The first-order valence-electron chi connectivity index (χ1n) is 4.80. The molecule has 0 atom stereocenters. The van der Waals surface area contributed by atoms with Crippen molar-refractivity contribution in [2.24, 2.45) is 0 Å². The van der Waals surface area contributed by atoms with Gasteiger partial charge in [-0.2, -0.15) is 0 Å². The van der Waals surface area contributed by atoms with Crippen LogP contribution in [0.3, 0.4) is 0 Å². The van der Waals surface area contributed by atoms with E-state index in [9.17, 15) is 4.79 Å². The Kier molecular flexibility index (Phi) is 2.54. The Morgan fingerprint density at radius 2 is 2.35 bits per heavy atom. The first-order valence-corrected chi connectivity index (χ1v) is 6.87. The van der Waals surface area contributed by atoms with Crippen LogP contribution in [0.4, 0.5) is 4.79 Å². The number of hydrogen-bond donors (Lipinski definition) is 0. The highest BCUT2D eigenvalue weighted by molar-refractivity contribution is 7.21. The molecule has 0 fully saturated rings. The number of rotatable bonds is 1. The maximum atomic E-state index is 10.9. The summed E-state index contributed by atoms with van der Waals surface area (Å²) in [5.41, 5.74) is 0.143. The average Bonchev–Trinajstić information content (AvgIpc) is 2.81. The van der Waals surface area contributed by atoms with Gasteiger partial charge in [-0.25, -0.2) is 9.78 Å². The molecule has 1 aromatic carbocycles. The molecule has 0 aliphatic heterocycles. The highest BCUT2D eigenvalue weighted by Gasteiger charge is 2.13. The fraction of sp³-hybridized carbons (Fsp3) is 0.0909. The van der Waals surface area contributed by atoms with Gasteiger partial charge in [-0.1, -0.05) is 0 Å². The predicted octanol–water partition coefficient (Wildman–Crippen LogP) is 4.56. The van der Waals surface area contributed by atoms with Crippen LogP contribution in [0.25, 0.3) is 20.3 Å². The molecule has 6 heteroatoms. The number of halogens is 1. The van der Waals surface area contributed by atoms with Crippen molar-refractivity contribution in [3.8, 4) is 5.75 Å². The van der Waals surface area contributed by atoms with Gasteiger partial charge in [0.15, 0.2) is 0 Å². The summed E-state index contributed by atoms with van der Waals surface area (Å²) in [5.74, 6) is 0.498. The van der Waals surface area contributed by atoms with Crippen molar-refractivity contribution >= 4 is 60.0 Å². The molecule has 0 spiro atoms. The van der Waals surface area contributed by atoms with Crippen LogP contribution in [0.2, 0.25) is 0 Å². The van der Waals surface area contributed by atoms with Crippen LogP contribution in [0.1, 0.15) is 5.01 Å². The molecule has 0 saturated carbocycles. The molecule has 86 valence electrons. The highest BCUT2D eigenvalue weighted by Crippen LogP contribution is 2.38. The van der Waals surface area contributed by atoms with Gasteiger partial charge in [0.1, 0.15) is 5.75 Å². The second kappa shape index (κ2) is 3.94. The van der Waals surface area contributed by atoms with Crippen molar-refractivity contribution in [1.82, 2.24) is 4.98 Å². The number of fused-ring (bicyclic) bond motifs is 3. The lowest BCUT2D eigenvalue weighted by atomic mass is 10.2. The van der Waals surface area contributed by atoms with Crippen LogP contribution in [-0.2, 0) is 0 Å². The number of carbonyl (C=O) groups excluding carboxylic acids is 1. The lowest BCUT2D eigenvalue weighted by molar-refractivity contribution is 0.226. The Balaban J connectivity index is 2.38. The molecule has 0 saturated heterocycles. The Bertz CT molecular complexity index is 732. The molecule has 0 unspecified atom stereocenters. The van der Waals surface area contributed by atoms with E-state index in [2.05, 4.69) is 4.98 Å². The molecule has 3 aromatic rings. The summed E-state index contributed by atoms with van der Waals surface area (Å²) in [4.78, 5) is 15.3. The minimum atomic E-state index is -0.821. The summed E-state index contributed by atoms with van der Waals surface area (Å²) in [6.07, 6.45) is 0. The largest absolute Gasteiger partial charge is 0.414 e. The van der Waals surface area contributed by atoms with Gasteiger partial charge in [-0.15, -0.1) is 22.7 Å². The van der Waals surface area contributed by atoms with Crippen molar-refractivity contribution in [3.05, 3.63) is 22.5 Å². The molecule has 0 aliphatic rings. The quantitative estimate of drug-likeness (QED) is 0.615. The van der Waals surface area contributed by atoms with E-state index in [1.54, 1.807) is 22.7 Å². The SMILES string of the molecule is Cc1nc2c(cc(OC(=O)Cl)c3ccsc32)s1. The fourth-order valence-corrected chi connectivity index (χ4v) is 3.67. The van der Waals surface area contributed by atoms with Gasteiger partial charge < -0.3 is 4.74 Å². The Morgan fingerprint density at radius 3 is 3.12 bits per heavy atom. The zero-order chi connectivity index (χ0) is 12.0. The summed E-state index contributed by atoms with van der Waals surface area (Å²) in [6.45, 7) is 1.96. The zero-order valence-corrected chi connectivity index (χ0v) is 11.1. The van der Waals surface area contributed by atoms with Gasteiger partial charge in [0.05, 0.1) is 19.9 Å². The summed E-state index contributed by atoms with van der Waals surface area (Å²) in [7, 11) is 0. The minimum absolute atomic E-state index is 0.498. The van der Waals surface area contributed by atoms with Crippen LogP contribution in [0, 0.1) is 6.92 Å². The third-order valence-corrected chi connectivity index (χ3v) is 4.27. The maximum Gasteiger partial charge on any atom is 0.409 e. The predicted molar refractivity (Wildman–Crippen MR) is 71.6 cm³/mol. The van der Waals surface area contributed by atoms with E-state index in [1.165, 1.54) is 0 Å². The molecule has 3 nitrogen and oxygen atoms in total. The van der Waals surface area contributed by atoms with Gasteiger partial charge in [0.25, 0.3) is 0 Å². The van der Waals surface area contributed by atoms with Crippen molar-refractivity contribution in [3.63, 3.8) is 0 Å². The van der Waals surface area contributed by atoms with Gasteiger partial charge in [0, 0.05) is 23.1 Å². The van der Waals surface area contributed by atoms with Crippen molar-refractivity contribution in [2.75, 3.05) is 0 Å². The van der Waals surface area contributed by atoms with Crippen molar-refractivity contribution in [2.45, 2.75) is 6.92 Å². The van der Waals surface area contributed by atoms with Crippen molar-refractivity contribution < 1.29 is 9.53 Å². The first-order chi connectivity index (χ1) is 8.15. The van der Waals surface area contributed by atoms with E-state index in [0.29, 0.717) is 5.75 Å². The van der Waals surface area contributed by atoms with Crippen LogP contribution in [0.15, 0.2) is 17.5 Å². The van der Waals surface area contributed by atoms with Crippen LogP contribution in [0.5, 0.6) is 5.75 Å². The van der Waals surface area contributed by atoms with Crippen LogP contribution < -0.4 is 4.74 Å². The lowest BCUT2D eigenvalue weighted by Gasteiger charge is -2.01. The number of ether oxygens (including phenoxy) is 1. The number of nitrogens with zero attached hydrogens (tertiary/aromatic N) is 1. The summed E-state index contributed by atoms with van der Waals surface area (Å²) >= 11 is 8.42. The summed E-state index contributed by atoms with van der Waals surface area (Å²) in [6, 6.07) is 3.72. The third-order valence-electron chi connectivity index (χ3n) is 2.36. The zero-order valence-electron chi connectivity index (χ0n) is 8.69. The highest BCUT2D eigenvalue weighted by atomic mass is 35.5. The molecule has 3 rings (SSSR count). The Labute approximate surface area is 110 Å². The normalized spacial score (nSPS) is 11.2. The van der Waals surface area contributed by atoms with Gasteiger partial charge in [0.2, 0.25) is 0 Å². The van der Waals surface area contributed by atoms with E-state index in [4.69, 9.17) is 16.3 Å². The number of hydrogen-bond acceptors (Lipinski definition) is 5. The number of aryl methyl sites for hydroxylation is 1. The number of aromatic nitrogens is 1. The number of thiophene rings is 1. The molecular weight excluding hydrogens is 278 g/mol. The summed E-state index contributed by atoms with van der Waals surface area (Å²) < 4.78 is 7.05. The standard InChI is InChI=1S/C11H6ClNO2S2/c1-5-13-9-8(17-5)4-7(15-11(12)14)6-2-3-16-10(6)9/h2-4H,1H3. The maximum absolute atomic E-state index is 10.9. The van der Waals surface area contributed by atoms with E-state index in [0.717, 1.165) is 25.3 Å². The molecule has 2 aromatic heterocycles. The molecular formula is C11H6ClNO2S2. The van der Waals surface area contributed by atoms with E-state index >= 15 is 0 Å². The Morgan fingerprint density at radius 1 is 1.53 bits per heavy atom. The fourth-order valence-electron chi connectivity index (χ4n) is 1.76. The number of carbonyl (C=O) groups is 1. The summed E-state index contributed by atoms with van der Waals surface area (Å²) in [5, 5.41) is 3.82. The van der Waals surface area contributed by atoms with E-state index < -0.39 is 5.43 Å². The van der Waals surface area contributed by atoms with Crippen LogP contribution >= 0.6 is 34.3 Å². The minimum Gasteiger partial charge on any atom is -0.414 e. The first kappa shape index (κ1) is 11.0. The Hall–Kier alpha value is -1.17. The average molecular weight is 284 g/mol. The monoisotopic (exact) mass is 283 g/mol. The lowest BCUT2D eigenvalue weighted by Crippen LogP contribution is -1.96. The number of benzene rings is 1. The molecule has 0 aliphatic carbocycles. The van der Waals surface area contributed by atoms with Gasteiger partial charge >= 0.3 is 5.43 Å². The molecule has 0 bridgehead atoms. The van der Waals surface area contributed by atoms with Crippen molar-refractivity contribution in [1.29, 1.82) is 0 Å². The molecule has 0 amide bonds. The molecule has 17 heavy (non-hydrogen) atoms. The van der Waals surface area contributed by atoms with Gasteiger partial charge in [-0.05, 0) is 18.4 Å². The van der Waals surface area contributed by atoms with E-state index in [-0.39, 0.29) is 0 Å². The number of thiazole rings is 1. The molecule has 0 N–H and O–H groups in total.